The molecule has 0 N–H and O–H groups in total. The van der Waals surface area contributed by atoms with E-state index in [0.717, 1.165) is 61.7 Å². The maximum absolute atomic E-state index is 15.9. The molecule has 4 nitrogen and oxygen atoms in total. The number of aromatic nitrogens is 3. The molecule has 2 aromatic heterocycles. The number of imidazole rings is 1. The molecule has 0 saturated heterocycles. The molecular weight excluding hydrogens is 557 g/mol. The minimum atomic E-state index is -3.26. The molecule has 210 valence electrons. The summed E-state index contributed by atoms with van der Waals surface area (Å²) in [4.78, 5) is 5.04. The first-order chi connectivity index (χ1) is 21.7. The Morgan fingerprint density at radius 2 is 1.27 bits per heavy atom. The van der Waals surface area contributed by atoms with Crippen LogP contribution in [0.5, 0.6) is 0 Å². The number of hydrogen-bond acceptors (Lipinski definition) is 2. The Morgan fingerprint density at radius 3 is 1.98 bits per heavy atom. The molecule has 0 bridgehead atoms. The van der Waals surface area contributed by atoms with Crippen molar-refractivity contribution >= 4 is 55.9 Å². The van der Waals surface area contributed by atoms with Crippen molar-refractivity contribution in [1.82, 2.24) is 14.1 Å². The van der Waals surface area contributed by atoms with E-state index in [1.165, 1.54) is 21.8 Å². The molecule has 1 unspecified atom stereocenters. The van der Waals surface area contributed by atoms with Gasteiger partial charge in [-0.3, -0.25) is 4.57 Å². The van der Waals surface area contributed by atoms with Crippen LogP contribution in [-0.2, 0) is 11.0 Å². The predicted octanol–water partition coefficient (Wildman–Crippen LogP) is 8.30. The molecule has 0 fully saturated rings. The van der Waals surface area contributed by atoms with Crippen LogP contribution in [0.2, 0.25) is 0 Å². The number of benzene rings is 6. The third kappa shape index (κ3) is 3.35. The Labute approximate surface area is 255 Å². The molecule has 1 aliphatic heterocycles. The number of hydrogen-bond donors (Lipinski definition) is 0. The number of aryl methyl sites for hydroxylation is 1. The van der Waals surface area contributed by atoms with E-state index in [9.17, 15) is 0 Å². The highest BCUT2D eigenvalue weighted by Gasteiger charge is 2.41. The molecule has 0 saturated carbocycles. The minimum Gasteiger partial charge on any atom is -0.309 e. The maximum atomic E-state index is 15.9. The lowest BCUT2D eigenvalue weighted by Crippen LogP contribution is -2.34. The van der Waals surface area contributed by atoms with E-state index in [0.29, 0.717) is 0 Å². The van der Waals surface area contributed by atoms with Crippen molar-refractivity contribution in [2.45, 2.75) is 13.3 Å². The number of nitrogens with zero attached hydrogens (tertiary/aromatic N) is 3. The number of rotatable bonds is 4. The van der Waals surface area contributed by atoms with Crippen LogP contribution in [0, 0.1) is 0 Å². The zero-order valence-electron chi connectivity index (χ0n) is 24.2. The SMILES string of the molecule is CCc1nc2ccc(-c3ccc(-n4c5ccccc5c5ccccc54)cc3)c3c2n1-c1ccccc1P3(=O)c1ccccc1. The fourth-order valence-electron chi connectivity index (χ4n) is 7.18. The number of para-hydroxylation sites is 3. The molecular formula is C39H28N3OP. The second-order valence-electron chi connectivity index (χ2n) is 11.4. The van der Waals surface area contributed by atoms with Crippen molar-refractivity contribution in [3.63, 3.8) is 0 Å². The van der Waals surface area contributed by atoms with Crippen molar-refractivity contribution in [3.05, 3.63) is 145 Å². The molecule has 9 rings (SSSR count). The summed E-state index contributed by atoms with van der Waals surface area (Å²) in [6, 6.07) is 48.2. The average Bonchev–Trinajstić information content (AvgIpc) is 3.64. The van der Waals surface area contributed by atoms with E-state index in [4.69, 9.17) is 4.98 Å². The zero-order chi connectivity index (χ0) is 29.4. The molecule has 0 amide bonds. The standard InChI is InChI=1S/C39H28N3OP/c1-2-37-40-32-25-24-29(39-38(32)42(37)35-18-10-11-19-36(35)44(39,43)28-12-4-3-5-13-28)26-20-22-27(23-21-26)41-33-16-8-6-14-30(33)31-15-7-9-17-34(31)41/h3-25H,2H2,1H3. The molecule has 5 heteroatoms. The highest BCUT2D eigenvalue weighted by Crippen LogP contribution is 2.51. The van der Waals surface area contributed by atoms with Crippen LogP contribution in [0.4, 0.5) is 0 Å². The van der Waals surface area contributed by atoms with Crippen molar-refractivity contribution < 1.29 is 4.57 Å². The number of fused-ring (bicyclic) bond motifs is 5. The second kappa shape index (κ2) is 9.41. The highest BCUT2D eigenvalue weighted by molar-refractivity contribution is 7.86. The van der Waals surface area contributed by atoms with Crippen molar-refractivity contribution in [2.75, 3.05) is 0 Å². The average molecular weight is 586 g/mol. The smallest absolute Gasteiger partial charge is 0.175 e. The minimum absolute atomic E-state index is 0.779. The van der Waals surface area contributed by atoms with Gasteiger partial charge in [0, 0.05) is 33.5 Å². The van der Waals surface area contributed by atoms with Crippen LogP contribution in [-0.4, -0.2) is 14.1 Å². The summed E-state index contributed by atoms with van der Waals surface area (Å²) in [5.74, 6) is 0.979. The summed E-state index contributed by atoms with van der Waals surface area (Å²) in [5.41, 5.74) is 8.27. The third-order valence-electron chi connectivity index (χ3n) is 9.09. The maximum Gasteiger partial charge on any atom is 0.175 e. The summed E-state index contributed by atoms with van der Waals surface area (Å²) in [5, 5.41) is 5.06. The Morgan fingerprint density at radius 1 is 0.636 bits per heavy atom. The lowest BCUT2D eigenvalue weighted by atomic mass is 10.0. The van der Waals surface area contributed by atoms with Crippen molar-refractivity contribution in [3.8, 4) is 22.5 Å². The molecule has 8 aromatic rings. The molecule has 0 spiro atoms. The lowest BCUT2D eigenvalue weighted by molar-refractivity contribution is 0.592. The summed E-state index contributed by atoms with van der Waals surface area (Å²) in [6.45, 7) is 2.13. The largest absolute Gasteiger partial charge is 0.309 e. The van der Waals surface area contributed by atoms with Gasteiger partial charge in [0.25, 0.3) is 0 Å². The van der Waals surface area contributed by atoms with Crippen LogP contribution < -0.4 is 15.9 Å². The van der Waals surface area contributed by atoms with Gasteiger partial charge < -0.3 is 9.13 Å². The summed E-state index contributed by atoms with van der Waals surface area (Å²) in [6.07, 6.45) is 0.779. The predicted molar refractivity (Wildman–Crippen MR) is 183 cm³/mol. The topological polar surface area (TPSA) is 39.8 Å². The summed E-state index contributed by atoms with van der Waals surface area (Å²) in [7, 11) is -3.26. The fraction of sp³-hybridized carbons (Fsp3) is 0.0513. The summed E-state index contributed by atoms with van der Waals surface area (Å²) < 4.78 is 20.4. The van der Waals surface area contributed by atoms with E-state index < -0.39 is 7.14 Å². The van der Waals surface area contributed by atoms with Gasteiger partial charge in [0.15, 0.2) is 7.14 Å². The second-order valence-corrected chi connectivity index (χ2v) is 14.1. The molecule has 1 atom stereocenters. The monoisotopic (exact) mass is 585 g/mol. The highest BCUT2D eigenvalue weighted by atomic mass is 31.2. The first kappa shape index (κ1) is 25.3. The first-order valence-corrected chi connectivity index (χ1v) is 16.8. The zero-order valence-corrected chi connectivity index (χ0v) is 25.1. The Hall–Kier alpha value is -5.18. The van der Waals surface area contributed by atoms with Gasteiger partial charge in [-0.2, -0.15) is 0 Å². The Bertz CT molecular complexity index is 2400. The van der Waals surface area contributed by atoms with Gasteiger partial charge in [-0.1, -0.05) is 104 Å². The lowest BCUT2D eigenvalue weighted by Gasteiger charge is -2.31. The molecule has 3 heterocycles. The van der Waals surface area contributed by atoms with E-state index in [-0.39, 0.29) is 0 Å². The van der Waals surface area contributed by atoms with Crippen LogP contribution in [0.25, 0.3) is 55.3 Å². The van der Waals surface area contributed by atoms with Gasteiger partial charge in [-0.05, 0) is 53.6 Å². The van der Waals surface area contributed by atoms with Crippen LogP contribution in [0.15, 0.2) is 140 Å². The summed E-state index contributed by atoms with van der Waals surface area (Å²) >= 11 is 0. The Balaban J connectivity index is 1.32. The van der Waals surface area contributed by atoms with Crippen molar-refractivity contribution in [1.29, 1.82) is 0 Å². The fourth-order valence-corrected chi connectivity index (χ4v) is 10.4. The molecule has 0 aliphatic carbocycles. The van der Waals surface area contributed by atoms with Gasteiger partial charge in [-0.15, -0.1) is 0 Å². The molecule has 44 heavy (non-hydrogen) atoms. The molecule has 1 aliphatic rings. The molecule has 0 radical (unpaired) electrons. The van der Waals surface area contributed by atoms with E-state index in [1.54, 1.807) is 0 Å². The van der Waals surface area contributed by atoms with Gasteiger partial charge in [0.1, 0.15) is 5.82 Å². The van der Waals surface area contributed by atoms with Crippen LogP contribution >= 0.6 is 7.14 Å². The first-order valence-electron chi connectivity index (χ1n) is 15.1. The van der Waals surface area contributed by atoms with Crippen molar-refractivity contribution in [2.24, 2.45) is 0 Å². The quantitative estimate of drug-likeness (QED) is 0.195. The van der Waals surface area contributed by atoms with Gasteiger partial charge in [0.2, 0.25) is 0 Å². The van der Waals surface area contributed by atoms with Gasteiger partial charge >= 0.3 is 0 Å². The van der Waals surface area contributed by atoms with E-state index in [2.05, 4.69) is 107 Å². The van der Waals surface area contributed by atoms with E-state index in [1.807, 2.05) is 48.5 Å². The Kier molecular flexibility index (Phi) is 5.42. The molecule has 6 aromatic carbocycles. The van der Waals surface area contributed by atoms with Crippen LogP contribution in [0.3, 0.4) is 0 Å². The normalized spacial score (nSPS) is 15.7. The van der Waals surface area contributed by atoms with Crippen LogP contribution in [0.1, 0.15) is 12.7 Å². The van der Waals surface area contributed by atoms with Gasteiger partial charge in [0.05, 0.1) is 33.1 Å². The third-order valence-corrected chi connectivity index (χ3v) is 12.3. The van der Waals surface area contributed by atoms with Gasteiger partial charge in [-0.25, -0.2) is 4.98 Å². The van der Waals surface area contributed by atoms with E-state index >= 15 is 4.57 Å².